The zero-order valence-corrected chi connectivity index (χ0v) is 14.2. The molecule has 1 aliphatic rings. The highest BCUT2D eigenvalue weighted by atomic mass is 16.3. The van der Waals surface area contributed by atoms with Crippen molar-refractivity contribution < 1.29 is 5.11 Å². The van der Waals surface area contributed by atoms with E-state index in [-0.39, 0.29) is 6.04 Å². The number of nitrogens with zero attached hydrogens (tertiary/aromatic N) is 6. The van der Waals surface area contributed by atoms with Crippen LogP contribution in [0.25, 0.3) is 0 Å². The number of hydrogen-bond acceptors (Lipinski definition) is 6. The third-order valence-electron chi connectivity index (χ3n) is 4.34. The van der Waals surface area contributed by atoms with E-state index in [1.807, 2.05) is 33.9 Å². The van der Waals surface area contributed by atoms with Crippen molar-refractivity contribution in [3.05, 3.63) is 29.5 Å². The number of aromatic nitrogens is 5. The van der Waals surface area contributed by atoms with Crippen LogP contribution >= 0.6 is 0 Å². The van der Waals surface area contributed by atoms with Crippen LogP contribution in [0.4, 0.5) is 5.82 Å². The van der Waals surface area contributed by atoms with Gasteiger partial charge >= 0.3 is 0 Å². The molecule has 1 N–H and O–H groups in total. The Labute approximate surface area is 136 Å². The van der Waals surface area contributed by atoms with Gasteiger partial charge in [0.05, 0.1) is 24.1 Å². The molecule has 2 aromatic heterocycles. The summed E-state index contributed by atoms with van der Waals surface area (Å²) in [6.45, 7) is 9.29. The number of hydrogen-bond donors (Lipinski definition) is 1. The predicted molar refractivity (Wildman–Crippen MR) is 87.3 cm³/mol. The lowest BCUT2D eigenvalue weighted by atomic mass is 9.90. The normalized spacial score (nSPS) is 21.9. The van der Waals surface area contributed by atoms with Crippen LogP contribution in [0.3, 0.4) is 0 Å². The summed E-state index contributed by atoms with van der Waals surface area (Å²) < 4.78 is 1.78. The maximum atomic E-state index is 11.1. The average Bonchev–Trinajstić information content (AvgIpc) is 3.01. The summed E-state index contributed by atoms with van der Waals surface area (Å²) in [5.41, 5.74) is 1.40. The first-order valence-electron chi connectivity index (χ1n) is 8.09. The summed E-state index contributed by atoms with van der Waals surface area (Å²) >= 11 is 0. The molecule has 124 valence electrons. The summed E-state index contributed by atoms with van der Waals surface area (Å²) in [6, 6.07) is 0.226. The third-order valence-corrected chi connectivity index (χ3v) is 4.34. The average molecular weight is 316 g/mol. The van der Waals surface area contributed by atoms with Crippen LogP contribution in [-0.2, 0) is 5.60 Å². The minimum atomic E-state index is -0.997. The summed E-state index contributed by atoms with van der Waals surface area (Å²) in [6.07, 6.45) is 5.17. The number of aryl methyl sites for hydroxylation is 2. The lowest BCUT2D eigenvalue weighted by Crippen LogP contribution is -2.47. The van der Waals surface area contributed by atoms with Gasteiger partial charge in [-0.05, 0) is 40.5 Å². The molecule has 0 aliphatic carbocycles. The van der Waals surface area contributed by atoms with E-state index in [0.29, 0.717) is 18.7 Å². The van der Waals surface area contributed by atoms with Gasteiger partial charge in [0, 0.05) is 18.8 Å². The molecular formula is C16H24N6O. The van der Waals surface area contributed by atoms with Crippen molar-refractivity contribution in [2.24, 2.45) is 0 Å². The van der Waals surface area contributed by atoms with E-state index in [2.05, 4.69) is 25.2 Å². The first-order valence-corrected chi connectivity index (χ1v) is 8.09. The Morgan fingerprint density at radius 2 is 2.09 bits per heavy atom. The van der Waals surface area contributed by atoms with Crippen molar-refractivity contribution in [2.75, 3.05) is 18.0 Å². The molecule has 7 nitrogen and oxygen atoms in total. The van der Waals surface area contributed by atoms with E-state index in [0.717, 1.165) is 30.2 Å². The van der Waals surface area contributed by atoms with Crippen LogP contribution < -0.4 is 4.90 Å². The van der Waals surface area contributed by atoms with Crippen LogP contribution in [0.2, 0.25) is 0 Å². The van der Waals surface area contributed by atoms with Gasteiger partial charge in [0.2, 0.25) is 0 Å². The van der Waals surface area contributed by atoms with Gasteiger partial charge in [-0.3, -0.25) is 4.98 Å². The molecular weight excluding hydrogens is 292 g/mol. The van der Waals surface area contributed by atoms with Gasteiger partial charge in [0.25, 0.3) is 0 Å². The van der Waals surface area contributed by atoms with Crippen molar-refractivity contribution in [1.82, 2.24) is 25.0 Å². The maximum absolute atomic E-state index is 11.1. The SMILES string of the molecule is Cc1cnc(C)c(N2CCC[C@](O)(c3cn(C(C)C)nn3)C2)n1. The van der Waals surface area contributed by atoms with Gasteiger partial charge in [-0.2, -0.15) is 0 Å². The fourth-order valence-corrected chi connectivity index (χ4v) is 2.99. The van der Waals surface area contributed by atoms with Crippen molar-refractivity contribution in [3.8, 4) is 0 Å². The van der Waals surface area contributed by atoms with Gasteiger partial charge < -0.3 is 10.0 Å². The van der Waals surface area contributed by atoms with Gasteiger partial charge in [-0.15, -0.1) is 5.10 Å². The van der Waals surface area contributed by atoms with Gasteiger partial charge in [-0.1, -0.05) is 5.21 Å². The molecule has 1 fully saturated rings. The smallest absolute Gasteiger partial charge is 0.150 e. The number of rotatable bonds is 3. The molecule has 3 heterocycles. The molecule has 2 aromatic rings. The largest absolute Gasteiger partial charge is 0.382 e. The molecule has 3 rings (SSSR count). The Balaban J connectivity index is 1.88. The molecule has 0 unspecified atom stereocenters. The Morgan fingerprint density at radius 1 is 1.30 bits per heavy atom. The Hall–Kier alpha value is -2.02. The van der Waals surface area contributed by atoms with E-state index >= 15 is 0 Å². The molecule has 0 spiro atoms. The second kappa shape index (κ2) is 5.88. The molecule has 7 heteroatoms. The molecule has 0 saturated carbocycles. The lowest BCUT2D eigenvalue weighted by molar-refractivity contribution is 0.0174. The summed E-state index contributed by atoms with van der Waals surface area (Å²) in [4.78, 5) is 11.1. The summed E-state index contributed by atoms with van der Waals surface area (Å²) in [5, 5.41) is 19.5. The summed E-state index contributed by atoms with van der Waals surface area (Å²) in [5.74, 6) is 0.847. The minimum Gasteiger partial charge on any atom is -0.382 e. The molecule has 0 bridgehead atoms. The van der Waals surface area contributed by atoms with Crippen LogP contribution in [-0.4, -0.2) is 43.2 Å². The predicted octanol–water partition coefficient (Wildman–Crippen LogP) is 1.75. The first kappa shape index (κ1) is 15.9. The molecule has 0 amide bonds. The monoisotopic (exact) mass is 316 g/mol. The highest BCUT2D eigenvalue weighted by Crippen LogP contribution is 2.33. The maximum Gasteiger partial charge on any atom is 0.150 e. The number of anilines is 1. The fraction of sp³-hybridized carbons (Fsp3) is 0.625. The second-order valence-corrected chi connectivity index (χ2v) is 6.65. The van der Waals surface area contributed by atoms with E-state index in [4.69, 9.17) is 0 Å². The fourth-order valence-electron chi connectivity index (χ4n) is 2.99. The van der Waals surface area contributed by atoms with Crippen molar-refractivity contribution in [1.29, 1.82) is 0 Å². The number of β-amino-alcohol motifs (C(OH)–C–C–N with tert-alkyl or cyclic N) is 1. The lowest BCUT2D eigenvalue weighted by Gasteiger charge is -2.39. The van der Waals surface area contributed by atoms with E-state index in [1.54, 1.807) is 10.9 Å². The Bertz CT molecular complexity index is 698. The Kier molecular flexibility index (Phi) is 4.06. The molecule has 1 saturated heterocycles. The molecule has 23 heavy (non-hydrogen) atoms. The van der Waals surface area contributed by atoms with Crippen LogP contribution in [0.1, 0.15) is 49.8 Å². The van der Waals surface area contributed by atoms with Crippen molar-refractivity contribution in [3.63, 3.8) is 0 Å². The topological polar surface area (TPSA) is 80.0 Å². The third kappa shape index (κ3) is 3.06. The molecule has 0 radical (unpaired) electrons. The number of aliphatic hydroxyl groups is 1. The van der Waals surface area contributed by atoms with E-state index in [1.165, 1.54) is 0 Å². The zero-order valence-electron chi connectivity index (χ0n) is 14.2. The van der Waals surface area contributed by atoms with Crippen LogP contribution in [0, 0.1) is 13.8 Å². The van der Waals surface area contributed by atoms with Gasteiger partial charge in [0.1, 0.15) is 17.1 Å². The van der Waals surface area contributed by atoms with E-state index in [9.17, 15) is 5.11 Å². The van der Waals surface area contributed by atoms with Crippen molar-refractivity contribution in [2.45, 2.75) is 52.2 Å². The van der Waals surface area contributed by atoms with Crippen LogP contribution in [0.5, 0.6) is 0 Å². The molecule has 1 aliphatic heterocycles. The first-order chi connectivity index (χ1) is 10.9. The minimum absolute atomic E-state index is 0.226. The van der Waals surface area contributed by atoms with Crippen molar-refractivity contribution >= 4 is 5.82 Å². The van der Waals surface area contributed by atoms with Gasteiger partial charge in [0.15, 0.2) is 0 Å². The van der Waals surface area contributed by atoms with Crippen LogP contribution in [0.15, 0.2) is 12.4 Å². The van der Waals surface area contributed by atoms with Gasteiger partial charge in [-0.25, -0.2) is 9.67 Å². The summed E-state index contributed by atoms with van der Waals surface area (Å²) in [7, 11) is 0. The zero-order chi connectivity index (χ0) is 16.6. The standard InChI is InChI=1S/C16H24N6O/c1-11(2)22-9-14(19-20-22)16(23)6-5-7-21(10-16)15-13(4)17-8-12(3)18-15/h8-9,11,23H,5-7,10H2,1-4H3/t16-/m1/s1. The molecule has 0 aromatic carbocycles. The highest BCUT2D eigenvalue weighted by molar-refractivity contribution is 5.44. The number of piperidine rings is 1. The highest BCUT2D eigenvalue weighted by Gasteiger charge is 2.38. The second-order valence-electron chi connectivity index (χ2n) is 6.65. The van der Waals surface area contributed by atoms with E-state index < -0.39 is 5.60 Å². The molecule has 1 atom stereocenters. The quantitative estimate of drug-likeness (QED) is 0.929. The Morgan fingerprint density at radius 3 is 2.78 bits per heavy atom.